The Hall–Kier alpha value is -2.56. The monoisotopic (exact) mass is 294 g/mol. The Morgan fingerprint density at radius 2 is 2.05 bits per heavy atom. The third-order valence-electron chi connectivity index (χ3n) is 4.10. The Balaban J connectivity index is 1.47. The minimum Gasteiger partial charge on any atom is -0.340 e. The van der Waals surface area contributed by atoms with Crippen molar-refractivity contribution in [2.75, 3.05) is 16.8 Å². The second kappa shape index (κ2) is 5.33. The molecule has 0 saturated heterocycles. The zero-order chi connectivity index (χ0) is 14.9. The molecule has 1 fully saturated rings. The van der Waals surface area contributed by atoms with Gasteiger partial charge in [-0.25, -0.2) is 9.78 Å². The first-order valence-corrected chi connectivity index (χ1v) is 7.68. The van der Waals surface area contributed by atoms with Gasteiger partial charge in [-0.3, -0.25) is 5.32 Å². The molecule has 0 spiro atoms. The number of hydrogen-bond donors (Lipinski definition) is 2. The molecule has 0 bridgehead atoms. The van der Waals surface area contributed by atoms with Gasteiger partial charge in [0.05, 0.1) is 11.9 Å². The highest BCUT2D eigenvalue weighted by Crippen LogP contribution is 2.33. The zero-order valence-corrected chi connectivity index (χ0v) is 12.2. The second-order valence-electron chi connectivity index (χ2n) is 5.80. The van der Waals surface area contributed by atoms with E-state index in [0.717, 1.165) is 31.5 Å². The van der Waals surface area contributed by atoms with Crippen LogP contribution in [0.15, 0.2) is 42.6 Å². The highest BCUT2D eigenvalue weighted by atomic mass is 16.2. The molecule has 0 atom stereocenters. The smallest absolute Gasteiger partial charge is 0.320 e. The third-order valence-corrected chi connectivity index (χ3v) is 4.10. The number of rotatable bonds is 3. The summed E-state index contributed by atoms with van der Waals surface area (Å²) in [5.74, 6) is 0.578. The fraction of sp³-hybridized carbons (Fsp3) is 0.294. The van der Waals surface area contributed by atoms with Gasteiger partial charge in [-0.2, -0.15) is 0 Å². The topological polar surface area (TPSA) is 57.3 Å². The van der Waals surface area contributed by atoms with Gasteiger partial charge in [0.2, 0.25) is 0 Å². The molecular formula is C17H18N4O. The summed E-state index contributed by atoms with van der Waals surface area (Å²) in [6.07, 6.45) is 5.02. The number of carbonyl (C=O) groups is 1. The molecule has 1 aliphatic carbocycles. The molecular weight excluding hydrogens is 276 g/mol. The number of nitrogens with one attached hydrogen (secondary N) is 2. The summed E-state index contributed by atoms with van der Waals surface area (Å²) >= 11 is 0. The Kier molecular flexibility index (Phi) is 3.18. The van der Waals surface area contributed by atoms with Crippen molar-refractivity contribution in [3.05, 3.63) is 48.2 Å². The Morgan fingerprint density at radius 3 is 2.82 bits per heavy atom. The van der Waals surface area contributed by atoms with Crippen LogP contribution >= 0.6 is 0 Å². The normalized spacial score (nSPS) is 16.3. The minimum absolute atomic E-state index is 0.172. The molecule has 5 heteroatoms. The lowest BCUT2D eigenvalue weighted by Crippen LogP contribution is -2.30. The number of nitrogens with zero attached hydrogens (tertiary/aromatic N) is 2. The van der Waals surface area contributed by atoms with Crippen molar-refractivity contribution in [2.45, 2.75) is 25.3 Å². The molecule has 1 aliphatic heterocycles. The third kappa shape index (κ3) is 2.62. The lowest BCUT2D eigenvalue weighted by atomic mass is 10.2. The van der Waals surface area contributed by atoms with Gasteiger partial charge in [0.15, 0.2) is 0 Å². The van der Waals surface area contributed by atoms with Crippen molar-refractivity contribution in [3.63, 3.8) is 0 Å². The summed E-state index contributed by atoms with van der Waals surface area (Å²) in [7, 11) is 0. The first-order valence-electron chi connectivity index (χ1n) is 7.68. The maximum atomic E-state index is 11.7. The summed E-state index contributed by atoms with van der Waals surface area (Å²) in [6, 6.07) is 12.5. The van der Waals surface area contributed by atoms with Crippen molar-refractivity contribution in [1.29, 1.82) is 0 Å². The van der Waals surface area contributed by atoms with Gasteiger partial charge in [0.25, 0.3) is 0 Å². The van der Waals surface area contributed by atoms with E-state index in [9.17, 15) is 4.79 Å². The van der Waals surface area contributed by atoms with E-state index in [2.05, 4.69) is 44.8 Å². The van der Waals surface area contributed by atoms with Crippen LogP contribution in [0.4, 0.5) is 22.0 Å². The Morgan fingerprint density at radius 1 is 1.18 bits per heavy atom. The van der Waals surface area contributed by atoms with Crippen LogP contribution in [0, 0.1) is 0 Å². The molecule has 5 nitrogen and oxygen atoms in total. The molecule has 2 N–H and O–H groups in total. The van der Waals surface area contributed by atoms with E-state index in [4.69, 9.17) is 0 Å². The summed E-state index contributed by atoms with van der Waals surface area (Å²) in [5, 5.41) is 5.66. The highest BCUT2D eigenvalue weighted by molar-refractivity contribution is 5.88. The molecule has 2 amide bonds. The molecule has 0 unspecified atom stereocenters. The number of para-hydroxylation sites is 1. The van der Waals surface area contributed by atoms with Gasteiger partial charge in [0.1, 0.15) is 5.82 Å². The van der Waals surface area contributed by atoms with Crippen molar-refractivity contribution in [3.8, 4) is 0 Å². The number of fused-ring (bicyclic) bond motifs is 1. The predicted octanol–water partition coefficient (Wildman–Crippen LogP) is 3.06. The minimum atomic E-state index is -0.172. The summed E-state index contributed by atoms with van der Waals surface area (Å²) in [4.78, 5) is 18.3. The fourth-order valence-electron chi connectivity index (χ4n) is 2.79. The predicted molar refractivity (Wildman–Crippen MR) is 86.6 cm³/mol. The molecule has 4 rings (SSSR count). The van der Waals surface area contributed by atoms with Crippen LogP contribution < -0.4 is 15.5 Å². The van der Waals surface area contributed by atoms with Crippen LogP contribution in [0.1, 0.15) is 18.4 Å². The quantitative estimate of drug-likeness (QED) is 0.914. The molecule has 2 aromatic rings. The van der Waals surface area contributed by atoms with E-state index in [1.807, 2.05) is 18.3 Å². The molecule has 2 heterocycles. The zero-order valence-electron chi connectivity index (χ0n) is 12.2. The van der Waals surface area contributed by atoms with E-state index in [-0.39, 0.29) is 6.03 Å². The van der Waals surface area contributed by atoms with Crippen molar-refractivity contribution < 1.29 is 4.79 Å². The van der Waals surface area contributed by atoms with E-state index in [0.29, 0.717) is 11.9 Å². The molecule has 2 aliphatic rings. The molecule has 1 aromatic heterocycles. The van der Waals surface area contributed by atoms with Gasteiger partial charge in [0, 0.05) is 18.3 Å². The van der Waals surface area contributed by atoms with Crippen LogP contribution in [-0.2, 0) is 6.42 Å². The number of carbonyl (C=O) groups excluding carboxylic acids is 1. The van der Waals surface area contributed by atoms with E-state index < -0.39 is 0 Å². The molecule has 0 radical (unpaired) electrons. The van der Waals surface area contributed by atoms with Crippen LogP contribution in [0.2, 0.25) is 0 Å². The average molecular weight is 294 g/mol. The van der Waals surface area contributed by atoms with Gasteiger partial charge in [-0.15, -0.1) is 0 Å². The number of amides is 2. The van der Waals surface area contributed by atoms with Crippen molar-refractivity contribution >= 4 is 23.2 Å². The number of urea groups is 1. The van der Waals surface area contributed by atoms with Gasteiger partial charge < -0.3 is 10.2 Å². The lowest BCUT2D eigenvalue weighted by Gasteiger charge is -2.19. The van der Waals surface area contributed by atoms with Crippen LogP contribution in [0.5, 0.6) is 0 Å². The Labute approximate surface area is 129 Å². The van der Waals surface area contributed by atoms with Crippen LogP contribution in [0.3, 0.4) is 0 Å². The summed E-state index contributed by atoms with van der Waals surface area (Å²) in [6.45, 7) is 0.968. The number of hydrogen-bond acceptors (Lipinski definition) is 3. The average Bonchev–Trinajstić information content (AvgIpc) is 3.24. The number of anilines is 3. The summed E-state index contributed by atoms with van der Waals surface area (Å²) < 4.78 is 0. The molecule has 1 saturated carbocycles. The van der Waals surface area contributed by atoms with E-state index >= 15 is 0 Å². The highest BCUT2D eigenvalue weighted by Gasteiger charge is 2.23. The van der Waals surface area contributed by atoms with E-state index in [1.165, 1.54) is 11.3 Å². The van der Waals surface area contributed by atoms with E-state index in [1.54, 1.807) is 0 Å². The largest absolute Gasteiger partial charge is 0.340 e. The molecule has 22 heavy (non-hydrogen) atoms. The fourth-order valence-corrected chi connectivity index (χ4v) is 2.79. The Bertz CT molecular complexity index is 694. The maximum absolute atomic E-state index is 11.7. The number of benzene rings is 1. The molecule has 112 valence electrons. The van der Waals surface area contributed by atoms with Gasteiger partial charge >= 0.3 is 6.03 Å². The van der Waals surface area contributed by atoms with Gasteiger partial charge in [-0.05, 0) is 43.0 Å². The van der Waals surface area contributed by atoms with Gasteiger partial charge in [-0.1, -0.05) is 18.2 Å². The first kappa shape index (κ1) is 13.1. The van der Waals surface area contributed by atoms with Crippen molar-refractivity contribution in [2.24, 2.45) is 0 Å². The second-order valence-corrected chi connectivity index (χ2v) is 5.80. The standard InChI is InChI=1S/C17H18N4O/c22-17(19-13-5-6-13)20-16-8-7-14(11-18-16)21-10-9-12-3-1-2-4-15(12)21/h1-4,7-8,11,13H,5-6,9-10H2,(H2,18,19,20,22). The lowest BCUT2D eigenvalue weighted by molar-refractivity contribution is 0.251. The van der Waals surface area contributed by atoms with Crippen LogP contribution in [-0.4, -0.2) is 23.6 Å². The number of pyridine rings is 1. The van der Waals surface area contributed by atoms with Crippen molar-refractivity contribution in [1.82, 2.24) is 10.3 Å². The first-order chi connectivity index (χ1) is 10.8. The SMILES string of the molecule is O=C(Nc1ccc(N2CCc3ccccc32)cn1)NC1CC1. The molecule has 1 aromatic carbocycles. The van der Waals surface area contributed by atoms with Crippen LogP contribution in [0.25, 0.3) is 0 Å². The maximum Gasteiger partial charge on any atom is 0.320 e. The number of aromatic nitrogens is 1. The summed E-state index contributed by atoms with van der Waals surface area (Å²) in [5.41, 5.74) is 3.67.